The lowest BCUT2D eigenvalue weighted by Gasteiger charge is -2.05. The molecule has 5 nitrogen and oxygen atoms in total. The van der Waals surface area contributed by atoms with E-state index in [2.05, 4.69) is 27.5 Å². The number of aliphatic hydroxyl groups is 1. The highest BCUT2D eigenvalue weighted by atomic mass is 32.1. The van der Waals surface area contributed by atoms with Gasteiger partial charge in [0.1, 0.15) is 6.61 Å². The summed E-state index contributed by atoms with van der Waals surface area (Å²) in [5.74, 6) is 5.25. The van der Waals surface area contributed by atoms with Gasteiger partial charge in [-0.25, -0.2) is 9.78 Å². The van der Waals surface area contributed by atoms with Gasteiger partial charge in [0.15, 0.2) is 5.13 Å². The normalized spacial score (nSPS) is 9.50. The van der Waals surface area contributed by atoms with Crippen LogP contribution in [-0.4, -0.2) is 22.7 Å². The van der Waals surface area contributed by atoms with Gasteiger partial charge in [-0.3, -0.25) is 5.32 Å². The number of aryl methyl sites for hydroxylation is 1. The first-order valence-electron chi connectivity index (χ1n) is 5.87. The number of aromatic nitrogens is 1. The molecule has 0 unspecified atom stereocenters. The standard InChI is InChI=1S/C14H13N3O2S/c1-10-4-2-5-11(8-10)16-13(19)17-14-15-9-12(20-14)6-3-7-18/h2,4-5,8-9,18H,7H2,1H3,(H2,15,16,17,19). The molecular formula is C14H13N3O2S. The SMILES string of the molecule is Cc1cccc(NC(=O)Nc2ncc(C#CCO)s2)c1. The van der Waals surface area contributed by atoms with Gasteiger partial charge in [-0.1, -0.05) is 35.3 Å². The average Bonchev–Trinajstić information content (AvgIpc) is 2.83. The fraction of sp³-hybridized carbons (Fsp3) is 0.143. The maximum absolute atomic E-state index is 11.8. The molecule has 0 aliphatic carbocycles. The fourth-order valence-corrected chi connectivity index (χ4v) is 2.18. The van der Waals surface area contributed by atoms with Crippen LogP contribution in [0.2, 0.25) is 0 Å². The van der Waals surface area contributed by atoms with Crippen molar-refractivity contribution >= 4 is 28.2 Å². The van der Waals surface area contributed by atoms with E-state index in [0.29, 0.717) is 10.0 Å². The number of nitrogens with zero attached hydrogens (tertiary/aromatic N) is 1. The second-order valence-corrected chi connectivity index (χ2v) is 4.97. The van der Waals surface area contributed by atoms with Crippen molar-refractivity contribution in [3.8, 4) is 11.8 Å². The number of rotatable bonds is 2. The van der Waals surface area contributed by atoms with Crippen LogP contribution in [0.5, 0.6) is 0 Å². The quantitative estimate of drug-likeness (QED) is 0.743. The van der Waals surface area contributed by atoms with Gasteiger partial charge in [0.05, 0.1) is 11.1 Å². The summed E-state index contributed by atoms with van der Waals surface area (Å²) in [6.45, 7) is 1.75. The predicted molar refractivity (Wildman–Crippen MR) is 79.9 cm³/mol. The maximum atomic E-state index is 11.8. The number of anilines is 2. The summed E-state index contributed by atoms with van der Waals surface area (Å²) in [4.78, 5) is 16.5. The summed E-state index contributed by atoms with van der Waals surface area (Å²) >= 11 is 1.25. The van der Waals surface area contributed by atoms with Gasteiger partial charge in [0, 0.05) is 5.69 Å². The fourth-order valence-electron chi connectivity index (χ4n) is 1.50. The molecule has 0 aliphatic rings. The molecule has 1 heterocycles. The van der Waals surface area contributed by atoms with Gasteiger partial charge in [-0.2, -0.15) is 0 Å². The summed E-state index contributed by atoms with van der Waals surface area (Å²) in [7, 11) is 0. The van der Waals surface area contributed by atoms with E-state index in [9.17, 15) is 4.79 Å². The summed E-state index contributed by atoms with van der Waals surface area (Å²) < 4.78 is 0. The molecule has 2 aromatic rings. The van der Waals surface area contributed by atoms with Crippen molar-refractivity contribution in [1.29, 1.82) is 0 Å². The van der Waals surface area contributed by atoms with E-state index < -0.39 is 0 Å². The number of thiazole rings is 1. The van der Waals surface area contributed by atoms with Gasteiger partial charge in [0.25, 0.3) is 0 Å². The van der Waals surface area contributed by atoms with E-state index in [4.69, 9.17) is 5.11 Å². The lowest BCUT2D eigenvalue weighted by Crippen LogP contribution is -2.19. The lowest BCUT2D eigenvalue weighted by atomic mass is 10.2. The highest BCUT2D eigenvalue weighted by Gasteiger charge is 2.06. The Morgan fingerprint density at radius 3 is 3.05 bits per heavy atom. The molecule has 0 spiro atoms. The Hall–Kier alpha value is -2.36. The van der Waals surface area contributed by atoms with Crippen LogP contribution in [0, 0.1) is 18.8 Å². The minimum atomic E-state index is -0.355. The molecule has 3 N–H and O–H groups in total. The van der Waals surface area contributed by atoms with Crippen LogP contribution in [0.1, 0.15) is 10.4 Å². The first-order valence-corrected chi connectivity index (χ1v) is 6.69. The zero-order valence-corrected chi connectivity index (χ0v) is 11.6. The highest BCUT2D eigenvalue weighted by Crippen LogP contribution is 2.17. The van der Waals surface area contributed by atoms with Crippen LogP contribution in [0.3, 0.4) is 0 Å². The number of nitrogens with one attached hydrogen (secondary N) is 2. The largest absolute Gasteiger partial charge is 0.384 e. The first-order chi connectivity index (χ1) is 9.67. The summed E-state index contributed by atoms with van der Waals surface area (Å²) in [6.07, 6.45) is 1.55. The topological polar surface area (TPSA) is 74.2 Å². The van der Waals surface area contributed by atoms with E-state index in [1.807, 2.05) is 31.2 Å². The number of carbonyl (C=O) groups is 1. The predicted octanol–water partition coefficient (Wildman–Crippen LogP) is 2.44. The van der Waals surface area contributed by atoms with E-state index in [1.54, 1.807) is 6.20 Å². The number of benzene rings is 1. The average molecular weight is 287 g/mol. The van der Waals surface area contributed by atoms with E-state index in [0.717, 1.165) is 11.3 Å². The third kappa shape index (κ3) is 4.09. The van der Waals surface area contributed by atoms with Crippen LogP contribution in [0.25, 0.3) is 0 Å². The number of hydrogen-bond donors (Lipinski definition) is 3. The number of aliphatic hydroxyl groups excluding tert-OH is 1. The molecule has 6 heteroatoms. The minimum absolute atomic E-state index is 0.200. The van der Waals surface area contributed by atoms with Crippen LogP contribution in [0.15, 0.2) is 30.5 Å². The van der Waals surface area contributed by atoms with Crippen molar-refractivity contribution in [3.05, 3.63) is 40.9 Å². The smallest absolute Gasteiger partial charge is 0.325 e. The van der Waals surface area contributed by atoms with Gasteiger partial charge >= 0.3 is 6.03 Å². The monoisotopic (exact) mass is 287 g/mol. The number of hydrogen-bond acceptors (Lipinski definition) is 4. The molecule has 2 amide bonds. The molecule has 0 bridgehead atoms. The van der Waals surface area contributed by atoms with Crippen LogP contribution in [0.4, 0.5) is 15.6 Å². The number of urea groups is 1. The van der Waals surface area contributed by atoms with Crippen molar-refractivity contribution in [3.63, 3.8) is 0 Å². The molecule has 102 valence electrons. The number of carbonyl (C=O) groups excluding carboxylic acids is 1. The molecule has 0 saturated heterocycles. The van der Waals surface area contributed by atoms with Crippen molar-refractivity contribution in [2.75, 3.05) is 17.2 Å². The lowest BCUT2D eigenvalue weighted by molar-refractivity contribution is 0.262. The van der Waals surface area contributed by atoms with Gasteiger partial charge in [0.2, 0.25) is 0 Å². The van der Waals surface area contributed by atoms with Gasteiger partial charge in [-0.05, 0) is 24.6 Å². The second-order valence-electron chi connectivity index (χ2n) is 3.94. The van der Waals surface area contributed by atoms with Crippen LogP contribution in [-0.2, 0) is 0 Å². The zero-order valence-electron chi connectivity index (χ0n) is 10.8. The maximum Gasteiger partial charge on any atom is 0.325 e. The Morgan fingerprint density at radius 1 is 1.45 bits per heavy atom. The summed E-state index contributed by atoms with van der Waals surface area (Å²) in [6, 6.07) is 7.16. The van der Waals surface area contributed by atoms with Crippen molar-refractivity contribution in [2.45, 2.75) is 6.92 Å². The molecule has 1 aromatic heterocycles. The Morgan fingerprint density at radius 2 is 2.30 bits per heavy atom. The summed E-state index contributed by atoms with van der Waals surface area (Å²) in [5.41, 5.74) is 1.79. The Bertz CT molecular complexity index is 670. The third-order valence-corrected chi connectivity index (χ3v) is 3.12. The highest BCUT2D eigenvalue weighted by molar-refractivity contribution is 7.16. The molecular weight excluding hydrogens is 274 g/mol. The second kappa shape index (κ2) is 6.70. The Kier molecular flexibility index (Phi) is 4.71. The number of amides is 2. The van der Waals surface area contributed by atoms with Gasteiger partial charge in [-0.15, -0.1) is 0 Å². The zero-order chi connectivity index (χ0) is 14.4. The van der Waals surface area contributed by atoms with E-state index >= 15 is 0 Å². The Labute approximate surface area is 120 Å². The van der Waals surface area contributed by atoms with Crippen molar-refractivity contribution < 1.29 is 9.90 Å². The Balaban J connectivity index is 1.96. The molecule has 2 rings (SSSR count). The molecule has 0 radical (unpaired) electrons. The van der Waals surface area contributed by atoms with Crippen molar-refractivity contribution in [1.82, 2.24) is 4.98 Å². The molecule has 0 saturated carbocycles. The third-order valence-electron chi connectivity index (χ3n) is 2.29. The molecule has 0 atom stereocenters. The molecule has 1 aromatic carbocycles. The molecule has 20 heavy (non-hydrogen) atoms. The van der Waals surface area contributed by atoms with E-state index in [1.165, 1.54) is 11.3 Å². The molecule has 0 fully saturated rings. The van der Waals surface area contributed by atoms with Crippen LogP contribution >= 0.6 is 11.3 Å². The van der Waals surface area contributed by atoms with Crippen LogP contribution < -0.4 is 10.6 Å². The molecule has 0 aliphatic heterocycles. The van der Waals surface area contributed by atoms with E-state index in [-0.39, 0.29) is 12.6 Å². The van der Waals surface area contributed by atoms with Crippen molar-refractivity contribution in [2.24, 2.45) is 0 Å². The summed E-state index contributed by atoms with van der Waals surface area (Å²) in [5, 5.41) is 14.4. The first kappa shape index (κ1) is 14.1. The van der Waals surface area contributed by atoms with Gasteiger partial charge < -0.3 is 10.4 Å². The minimum Gasteiger partial charge on any atom is -0.384 e.